The van der Waals surface area contributed by atoms with Gasteiger partial charge >= 0.3 is 6.09 Å². The average molecular weight is 233 g/mol. The lowest BCUT2D eigenvalue weighted by Gasteiger charge is -2.28. The van der Waals surface area contributed by atoms with E-state index in [9.17, 15) is 4.79 Å². The van der Waals surface area contributed by atoms with Crippen molar-refractivity contribution in [2.24, 2.45) is 0 Å². The molecule has 0 aromatic heterocycles. The molecule has 0 aromatic rings. The first-order valence-corrected chi connectivity index (χ1v) is 5.56. The molecular weight excluding hydrogens is 214 g/mol. The van der Waals surface area contributed by atoms with Crippen LogP contribution in [0.4, 0.5) is 4.79 Å². The molecule has 5 heteroatoms. The summed E-state index contributed by atoms with van der Waals surface area (Å²) in [6.07, 6.45) is 1.70. The molecule has 1 aliphatic rings. The molecule has 0 saturated carbocycles. The van der Waals surface area contributed by atoms with Crippen LogP contribution in [0, 0.1) is 0 Å². The maximum atomic E-state index is 11.8. The van der Waals surface area contributed by atoms with E-state index in [1.54, 1.807) is 4.90 Å². The van der Waals surface area contributed by atoms with Gasteiger partial charge in [-0.3, -0.25) is 0 Å². The molecule has 0 spiro atoms. The number of ether oxygens (including phenoxy) is 1. The lowest BCUT2D eigenvalue weighted by atomic mass is 10.2. The van der Waals surface area contributed by atoms with Crippen molar-refractivity contribution < 1.29 is 13.7 Å². The molecule has 1 unspecified atom stereocenters. The summed E-state index contributed by atoms with van der Waals surface area (Å²) in [5.41, 5.74) is -0.438. The highest BCUT2D eigenvalue weighted by Gasteiger charge is 2.31. The molecule has 1 saturated heterocycles. The first kappa shape index (κ1) is 12.6. The van der Waals surface area contributed by atoms with Gasteiger partial charge in [-0.2, -0.15) is 0 Å². The van der Waals surface area contributed by atoms with Crippen LogP contribution >= 0.6 is 12.9 Å². The number of rotatable bonds is 2. The van der Waals surface area contributed by atoms with E-state index in [4.69, 9.17) is 8.92 Å². The summed E-state index contributed by atoms with van der Waals surface area (Å²) in [7, 11) is 0. The standard InChI is InChI=1S/C10H19NO3S/c1-10(2,3)14-9(12)11-6-4-5-8(11)7-13-15/h8,15H,4-7H2,1-3H3. The van der Waals surface area contributed by atoms with Crippen molar-refractivity contribution in [3.8, 4) is 0 Å². The lowest BCUT2D eigenvalue weighted by molar-refractivity contribution is 0.0195. The Kier molecular flexibility index (Phi) is 4.28. The third kappa shape index (κ3) is 3.91. The molecule has 1 amide bonds. The van der Waals surface area contributed by atoms with E-state index in [1.165, 1.54) is 0 Å². The molecule has 1 heterocycles. The van der Waals surface area contributed by atoms with Gasteiger partial charge < -0.3 is 13.8 Å². The van der Waals surface area contributed by atoms with Gasteiger partial charge in [0.05, 0.1) is 12.6 Å². The molecule has 1 fully saturated rings. The van der Waals surface area contributed by atoms with Crippen molar-refractivity contribution >= 4 is 19.0 Å². The largest absolute Gasteiger partial charge is 0.444 e. The fourth-order valence-electron chi connectivity index (χ4n) is 1.66. The number of hydrogen-bond donors (Lipinski definition) is 1. The molecule has 0 aliphatic carbocycles. The number of carbonyl (C=O) groups excluding carboxylic acids is 1. The van der Waals surface area contributed by atoms with E-state index in [2.05, 4.69) is 12.9 Å². The Hall–Kier alpha value is -0.420. The van der Waals surface area contributed by atoms with E-state index in [1.807, 2.05) is 20.8 Å². The van der Waals surface area contributed by atoms with Gasteiger partial charge in [-0.25, -0.2) is 4.79 Å². The van der Waals surface area contributed by atoms with Crippen molar-refractivity contribution in [1.82, 2.24) is 4.90 Å². The molecule has 15 heavy (non-hydrogen) atoms. The maximum Gasteiger partial charge on any atom is 0.410 e. The van der Waals surface area contributed by atoms with Crippen LogP contribution in [0.25, 0.3) is 0 Å². The molecule has 0 radical (unpaired) electrons. The topological polar surface area (TPSA) is 38.8 Å². The van der Waals surface area contributed by atoms with Crippen molar-refractivity contribution in [2.45, 2.75) is 45.3 Å². The van der Waals surface area contributed by atoms with Crippen molar-refractivity contribution in [1.29, 1.82) is 0 Å². The second-order valence-corrected chi connectivity index (χ2v) is 5.02. The zero-order chi connectivity index (χ0) is 11.5. The molecule has 1 atom stereocenters. The smallest absolute Gasteiger partial charge is 0.410 e. The average Bonchev–Trinajstić information content (AvgIpc) is 2.49. The summed E-state index contributed by atoms with van der Waals surface area (Å²) in [5, 5.41) is 0. The lowest BCUT2D eigenvalue weighted by Crippen LogP contribution is -2.41. The second-order valence-electron chi connectivity index (χ2n) is 4.77. The van der Waals surface area contributed by atoms with Crippen LogP contribution in [0.2, 0.25) is 0 Å². The van der Waals surface area contributed by atoms with Crippen molar-refractivity contribution in [3.63, 3.8) is 0 Å². The fraction of sp³-hybridized carbons (Fsp3) is 0.900. The van der Waals surface area contributed by atoms with E-state index < -0.39 is 5.60 Å². The highest BCUT2D eigenvalue weighted by atomic mass is 32.1. The van der Waals surface area contributed by atoms with E-state index in [0.717, 1.165) is 19.4 Å². The minimum Gasteiger partial charge on any atom is -0.444 e. The number of amides is 1. The first-order chi connectivity index (χ1) is 6.94. The van der Waals surface area contributed by atoms with Crippen LogP contribution in [0.15, 0.2) is 0 Å². The summed E-state index contributed by atoms with van der Waals surface area (Å²) < 4.78 is 10.1. The Bertz CT molecular complexity index is 227. The van der Waals surface area contributed by atoms with Gasteiger partial charge in [0.25, 0.3) is 0 Å². The Morgan fingerprint density at radius 3 is 2.73 bits per heavy atom. The minimum absolute atomic E-state index is 0.109. The summed E-state index contributed by atoms with van der Waals surface area (Å²) in [4.78, 5) is 13.5. The maximum absolute atomic E-state index is 11.8. The number of carbonyl (C=O) groups is 1. The molecule has 4 nitrogen and oxygen atoms in total. The van der Waals surface area contributed by atoms with Crippen LogP contribution in [-0.2, 0) is 8.92 Å². The third-order valence-electron chi connectivity index (χ3n) is 2.27. The molecule has 0 bridgehead atoms. The quantitative estimate of drug-likeness (QED) is 0.587. The number of nitrogens with zero attached hydrogens (tertiary/aromatic N) is 1. The SMILES string of the molecule is CC(C)(C)OC(=O)N1CCCC1COS. The number of hydrogen-bond acceptors (Lipinski definition) is 4. The zero-order valence-electron chi connectivity index (χ0n) is 9.52. The van der Waals surface area contributed by atoms with Gasteiger partial charge in [0, 0.05) is 6.54 Å². The van der Waals surface area contributed by atoms with Gasteiger partial charge in [0.2, 0.25) is 0 Å². The Labute approximate surface area is 96.5 Å². The molecule has 1 aliphatic heterocycles. The monoisotopic (exact) mass is 233 g/mol. The van der Waals surface area contributed by atoms with Crippen molar-refractivity contribution in [3.05, 3.63) is 0 Å². The predicted octanol–water partition coefficient (Wildman–Crippen LogP) is 2.25. The minimum atomic E-state index is -0.438. The van der Waals surface area contributed by atoms with E-state index in [-0.39, 0.29) is 12.1 Å². The van der Waals surface area contributed by atoms with Crippen LogP contribution < -0.4 is 0 Å². The number of thiol groups is 1. The van der Waals surface area contributed by atoms with Crippen LogP contribution in [0.5, 0.6) is 0 Å². The van der Waals surface area contributed by atoms with Crippen LogP contribution in [0.1, 0.15) is 33.6 Å². The summed E-state index contributed by atoms with van der Waals surface area (Å²) in [5.74, 6) is 0. The summed E-state index contributed by atoms with van der Waals surface area (Å²) >= 11 is 3.71. The van der Waals surface area contributed by atoms with E-state index >= 15 is 0 Å². The molecule has 1 rings (SSSR count). The normalized spacial score (nSPS) is 21.9. The molecule has 0 N–H and O–H groups in total. The highest BCUT2D eigenvalue weighted by Crippen LogP contribution is 2.21. The second kappa shape index (κ2) is 5.07. The van der Waals surface area contributed by atoms with Gasteiger partial charge in [-0.1, -0.05) is 0 Å². The summed E-state index contributed by atoms with van der Waals surface area (Å²) in [6.45, 7) is 6.81. The number of likely N-dealkylation sites (tertiary alicyclic amines) is 1. The summed E-state index contributed by atoms with van der Waals surface area (Å²) in [6, 6.07) is 0.109. The zero-order valence-corrected chi connectivity index (χ0v) is 10.4. The van der Waals surface area contributed by atoms with Gasteiger partial charge in [-0.15, -0.1) is 0 Å². The predicted molar refractivity (Wildman–Crippen MR) is 60.9 cm³/mol. The van der Waals surface area contributed by atoms with Crippen LogP contribution in [-0.4, -0.2) is 35.8 Å². The van der Waals surface area contributed by atoms with Gasteiger partial charge in [-0.05, 0) is 46.5 Å². The first-order valence-electron chi connectivity index (χ1n) is 5.20. The van der Waals surface area contributed by atoms with Gasteiger partial charge in [0.15, 0.2) is 0 Å². The Morgan fingerprint density at radius 1 is 1.53 bits per heavy atom. The van der Waals surface area contributed by atoms with Gasteiger partial charge in [0.1, 0.15) is 5.60 Å². The third-order valence-corrected chi connectivity index (χ3v) is 2.42. The van der Waals surface area contributed by atoms with Crippen molar-refractivity contribution in [2.75, 3.05) is 13.2 Å². The molecule has 0 aromatic carbocycles. The fourth-order valence-corrected chi connectivity index (χ4v) is 1.83. The highest BCUT2D eigenvalue weighted by molar-refractivity contribution is 7.75. The molecule has 88 valence electrons. The Balaban J connectivity index is 2.51. The van der Waals surface area contributed by atoms with Crippen LogP contribution in [0.3, 0.4) is 0 Å². The van der Waals surface area contributed by atoms with E-state index in [0.29, 0.717) is 6.61 Å². The Morgan fingerprint density at radius 2 is 2.20 bits per heavy atom. The molecular formula is C10H19NO3S.